The molecule has 0 amide bonds. The molecule has 4 heteroatoms. The molecule has 1 aromatic rings. The van der Waals surface area contributed by atoms with Gasteiger partial charge in [0.25, 0.3) is 0 Å². The molecule has 0 aliphatic carbocycles. The van der Waals surface area contributed by atoms with Gasteiger partial charge in [-0.05, 0) is 25.1 Å². The Morgan fingerprint density at radius 2 is 2.00 bits per heavy atom. The van der Waals surface area contributed by atoms with Gasteiger partial charge in [-0.2, -0.15) is 5.10 Å². The standard InChI is InChI=1S/C12H14N2O2/c1-10(8-9-12(15)16-2)13-14-11-6-4-3-5-7-11/h3-9,14H,1-2H3. The summed E-state index contributed by atoms with van der Waals surface area (Å²) >= 11 is 0. The van der Waals surface area contributed by atoms with Crippen LogP contribution in [-0.4, -0.2) is 18.8 Å². The van der Waals surface area contributed by atoms with Crippen LogP contribution in [0.15, 0.2) is 47.6 Å². The van der Waals surface area contributed by atoms with Crippen molar-refractivity contribution in [2.24, 2.45) is 5.10 Å². The molecule has 0 fully saturated rings. The molecule has 0 aliphatic heterocycles. The molecule has 0 unspecified atom stereocenters. The van der Waals surface area contributed by atoms with Gasteiger partial charge in [-0.25, -0.2) is 4.79 Å². The van der Waals surface area contributed by atoms with E-state index in [1.54, 1.807) is 13.0 Å². The van der Waals surface area contributed by atoms with Gasteiger partial charge in [-0.3, -0.25) is 5.43 Å². The molecule has 0 spiro atoms. The molecule has 1 aromatic carbocycles. The Bertz CT molecular complexity index is 397. The van der Waals surface area contributed by atoms with E-state index in [0.717, 1.165) is 5.69 Å². The van der Waals surface area contributed by atoms with Crippen molar-refractivity contribution < 1.29 is 9.53 Å². The first-order valence-electron chi connectivity index (χ1n) is 4.84. The van der Waals surface area contributed by atoms with E-state index in [2.05, 4.69) is 15.3 Å². The summed E-state index contributed by atoms with van der Waals surface area (Å²) in [5.41, 5.74) is 4.46. The van der Waals surface area contributed by atoms with Gasteiger partial charge in [-0.15, -0.1) is 0 Å². The Morgan fingerprint density at radius 3 is 2.62 bits per heavy atom. The van der Waals surface area contributed by atoms with Gasteiger partial charge >= 0.3 is 5.97 Å². The largest absolute Gasteiger partial charge is 0.466 e. The molecule has 0 saturated carbocycles. The lowest BCUT2D eigenvalue weighted by atomic mass is 10.3. The molecule has 1 rings (SSSR count). The van der Waals surface area contributed by atoms with Crippen molar-refractivity contribution in [3.05, 3.63) is 42.5 Å². The van der Waals surface area contributed by atoms with E-state index in [4.69, 9.17) is 0 Å². The van der Waals surface area contributed by atoms with E-state index in [1.165, 1.54) is 13.2 Å². The normalized spacial score (nSPS) is 11.5. The fourth-order valence-electron chi connectivity index (χ4n) is 0.959. The highest BCUT2D eigenvalue weighted by Gasteiger charge is 1.91. The van der Waals surface area contributed by atoms with Crippen LogP contribution in [0.4, 0.5) is 5.69 Å². The fraction of sp³-hybridized carbons (Fsp3) is 0.167. The van der Waals surface area contributed by atoms with Crippen LogP contribution in [-0.2, 0) is 9.53 Å². The van der Waals surface area contributed by atoms with Gasteiger partial charge in [0.15, 0.2) is 0 Å². The van der Waals surface area contributed by atoms with Crippen LogP contribution < -0.4 is 5.43 Å². The average Bonchev–Trinajstić information content (AvgIpc) is 2.34. The molecule has 0 aliphatic rings. The molecule has 84 valence electrons. The van der Waals surface area contributed by atoms with Crippen LogP contribution in [0, 0.1) is 0 Å². The van der Waals surface area contributed by atoms with Crippen molar-refractivity contribution in [3.63, 3.8) is 0 Å². The number of ether oxygens (including phenoxy) is 1. The summed E-state index contributed by atoms with van der Waals surface area (Å²) in [7, 11) is 1.33. The highest BCUT2D eigenvalue weighted by Crippen LogP contribution is 2.04. The predicted octanol–water partition coefficient (Wildman–Crippen LogP) is 2.20. The van der Waals surface area contributed by atoms with Crippen molar-refractivity contribution in [2.75, 3.05) is 12.5 Å². The Hall–Kier alpha value is -2.10. The summed E-state index contributed by atoms with van der Waals surface area (Å²) in [5, 5.41) is 4.07. The number of esters is 1. The highest BCUT2D eigenvalue weighted by molar-refractivity contribution is 5.98. The lowest BCUT2D eigenvalue weighted by Crippen LogP contribution is -1.98. The number of carbonyl (C=O) groups is 1. The summed E-state index contributed by atoms with van der Waals surface area (Å²) in [4.78, 5) is 10.8. The van der Waals surface area contributed by atoms with E-state index >= 15 is 0 Å². The number of hydrogen-bond acceptors (Lipinski definition) is 4. The number of rotatable bonds is 4. The van der Waals surface area contributed by atoms with Crippen molar-refractivity contribution in [2.45, 2.75) is 6.92 Å². The SMILES string of the molecule is COC(=O)C=CC(C)=NNc1ccccc1. The van der Waals surface area contributed by atoms with Crippen LogP contribution >= 0.6 is 0 Å². The molecule has 16 heavy (non-hydrogen) atoms. The minimum Gasteiger partial charge on any atom is -0.466 e. The topological polar surface area (TPSA) is 50.7 Å². The Labute approximate surface area is 94.6 Å². The molecule has 0 aromatic heterocycles. The van der Waals surface area contributed by atoms with Crippen LogP contribution in [0.1, 0.15) is 6.92 Å². The van der Waals surface area contributed by atoms with Crippen molar-refractivity contribution in [1.82, 2.24) is 0 Å². The number of hydrazone groups is 1. The van der Waals surface area contributed by atoms with E-state index in [-0.39, 0.29) is 0 Å². The summed E-state index contributed by atoms with van der Waals surface area (Å²) < 4.78 is 4.46. The van der Waals surface area contributed by atoms with Crippen molar-refractivity contribution >= 4 is 17.4 Å². The van der Waals surface area contributed by atoms with E-state index in [9.17, 15) is 4.79 Å². The number of benzene rings is 1. The van der Waals surface area contributed by atoms with Crippen LogP contribution in [0.25, 0.3) is 0 Å². The second kappa shape index (κ2) is 6.40. The Morgan fingerprint density at radius 1 is 1.31 bits per heavy atom. The maximum Gasteiger partial charge on any atom is 0.330 e. The summed E-state index contributed by atoms with van der Waals surface area (Å²) in [5.74, 6) is -0.394. The van der Waals surface area contributed by atoms with Crippen LogP contribution in [0.5, 0.6) is 0 Å². The molecule has 0 radical (unpaired) electrons. The third-order valence-electron chi connectivity index (χ3n) is 1.80. The number of anilines is 1. The van der Waals surface area contributed by atoms with Crippen molar-refractivity contribution in [1.29, 1.82) is 0 Å². The van der Waals surface area contributed by atoms with E-state index < -0.39 is 5.97 Å². The number of nitrogens with one attached hydrogen (secondary N) is 1. The molecule has 0 heterocycles. The molecule has 4 nitrogen and oxygen atoms in total. The monoisotopic (exact) mass is 218 g/mol. The molecular formula is C12H14N2O2. The van der Waals surface area contributed by atoms with E-state index in [1.807, 2.05) is 30.3 Å². The first kappa shape index (κ1) is 12.0. The summed E-state index contributed by atoms with van der Waals surface area (Å²) in [6.07, 6.45) is 2.91. The second-order valence-corrected chi connectivity index (χ2v) is 3.09. The minimum atomic E-state index is -0.394. The van der Waals surface area contributed by atoms with Gasteiger partial charge in [0.1, 0.15) is 0 Å². The van der Waals surface area contributed by atoms with Gasteiger partial charge < -0.3 is 4.74 Å². The lowest BCUT2D eigenvalue weighted by Gasteiger charge is -1.99. The van der Waals surface area contributed by atoms with Crippen LogP contribution in [0.2, 0.25) is 0 Å². The third-order valence-corrected chi connectivity index (χ3v) is 1.80. The third kappa shape index (κ3) is 4.41. The van der Waals surface area contributed by atoms with Crippen LogP contribution in [0.3, 0.4) is 0 Å². The summed E-state index contributed by atoms with van der Waals surface area (Å²) in [6, 6.07) is 9.56. The predicted molar refractivity (Wildman–Crippen MR) is 64.3 cm³/mol. The molecule has 0 bridgehead atoms. The number of allylic oxidation sites excluding steroid dienone is 1. The van der Waals surface area contributed by atoms with E-state index in [0.29, 0.717) is 5.71 Å². The zero-order chi connectivity index (χ0) is 11.8. The maximum absolute atomic E-state index is 10.8. The zero-order valence-corrected chi connectivity index (χ0v) is 9.31. The molecule has 1 N–H and O–H groups in total. The fourth-order valence-corrected chi connectivity index (χ4v) is 0.959. The quantitative estimate of drug-likeness (QED) is 0.365. The summed E-state index contributed by atoms with van der Waals surface area (Å²) in [6.45, 7) is 1.79. The number of hydrogen-bond donors (Lipinski definition) is 1. The van der Waals surface area contributed by atoms with Gasteiger partial charge in [0.2, 0.25) is 0 Å². The van der Waals surface area contributed by atoms with Crippen molar-refractivity contribution in [3.8, 4) is 0 Å². The number of carbonyl (C=O) groups excluding carboxylic acids is 1. The number of para-hydroxylation sites is 1. The first-order chi connectivity index (χ1) is 7.72. The smallest absolute Gasteiger partial charge is 0.330 e. The highest BCUT2D eigenvalue weighted by atomic mass is 16.5. The average molecular weight is 218 g/mol. The zero-order valence-electron chi connectivity index (χ0n) is 9.31. The van der Waals surface area contributed by atoms with Gasteiger partial charge in [-0.1, -0.05) is 18.2 Å². The van der Waals surface area contributed by atoms with Gasteiger partial charge in [0.05, 0.1) is 18.5 Å². The molecule has 0 saturated heterocycles. The Kier molecular flexibility index (Phi) is 4.79. The second-order valence-electron chi connectivity index (χ2n) is 3.09. The molecular weight excluding hydrogens is 204 g/mol. The Balaban J connectivity index is 2.52. The van der Waals surface area contributed by atoms with Gasteiger partial charge in [0, 0.05) is 6.08 Å². The minimum absolute atomic E-state index is 0.394. The lowest BCUT2D eigenvalue weighted by molar-refractivity contribution is -0.134. The number of methoxy groups -OCH3 is 1. The maximum atomic E-state index is 10.8. The molecule has 0 atom stereocenters. The first-order valence-corrected chi connectivity index (χ1v) is 4.84. The number of nitrogens with zero attached hydrogens (tertiary/aromatic N) is 1.